The third-order valence-corrected chi connectivity index (χ3v) is 2.77. The van der Waals surface area contributed by atoms with Crippen molar-refractivity contribution in [1.82, 2.24) is 0 Å². The van der Waals surface area contributed by atoms with Crippen LogP contribution in [0.15, 0.2) is 36.4 Å². The van der Waals surface area contributed by atoms with Gasteiger partial charge >= 0.3 is 0 Å². The number of fused-ring (bicyclic) bond motifs is 1. The topological polar surface area (TPSA) is 46.2 Å². The van der Waals surface area contributed by atoms with Crippen LogP contribution in [0.5, 0.6) is 5.75 Å². The predicted molar refractivity (Wildman–Crippen MR) is 63.1 cm³/mol. The molecule has 2 nitrogen and oxygen atoms in total. The number of hydrogen-bond acceptors (Lipinski definition) is 2. The Morgan fingerprint density at radius 1 is 1.13 bits per heavy atom. The van der Waals surface area contributed by atoms with E-state index < -0.39 is 0 Å². The monoisotopic (exact) mass is 201 g/mol. The van der Waals surface area contributed by atoms with Gasteiger partial charge in [0.25, 0.3) is 0 Å². The first-order chi connectivity index (χ1) is 7.20. The Kier molecular flexibility index (Phi) is 2.60. The molecule has 0 radical (unpaired) electrons. The number of hydrogen-bond donors (Lipinski definition) is 2. The quantitative estimate of drug-likeness (QED) is 0.784. The highest BCUT2D eigenvalue weighted by atomic mass is 16.3. The second kappa shape index (κ2) is 3.91. The van der Waals surface area contributed by atoms with Crippen molar-refractivity contribution in [3.05, 3.63) is 42.0 Å². The van der Waals surface area contributed by atoms with Crippen molar-refractivity contribution in [2.45, 2.75) is 12.8 Å². The van der Waals surface area contributed by atoms with Crippen LogP contribution in [0.25, 0.3) is 10.8 Å². The Morgan fingerprint density at radius 2 is 1.87 bits per heavy atom. The van der Waals surface area contributed by atoms with Crippen LogP contribution in [0, 0.1) is 0 Å². The van der Waals surface area contributed by atoms with Crippen LogP contribution in [0.2, 0.25) is 0 Å². The molecular weight excluding hydrogens is 186 g/mol. The molecule has 2 rings (SSSR count). The van der Waals surface area contributed by atoms with Gasteiger partial charge in [0.2, 0.25) is 0 Å². The van der Waals surface area contributed by atoms with Gasteiger partial charge in [-0.3, -0.25) is 0 Å². The number of rotatable bonds is 2. The summed E-state index contributed by atoms with van der Waals surface area (Å²) in [5.74, 6) is 0.664. The van der Waals surface area contributed by atoms with Crippen LogP contribution in [0.3, 0.4) is 0 Å². The van der Waals surface area contributed by atoms with Crippen LogP contribution in [-0.4, -0.2) is 11.7 Å². The minimum atomic E-state index is 0.306. The Hall–Kier alpha value is -1.54. The third kappa shape index (κ3) is 1.95. The van der Waals surface area contributed by atoms with E-state index in [4.69, 9.17) is 5.73 Å². The van der Waals surface area contributed by atoms with Crippen molar-refractivity contribution in [2.75, 3.05) is 6.54 Å². The van der Waals surface area contributed by atoms with Crippen LogP contribution in [0.4, 0.5) is 0 Å². The summed E-state index contributed by atoms with van der Waals surface area (Å²) < 4.78 is 0. The normalized spacial score (nSPS) is 12.9. The van der Waals surface area contributed by atoms with Crippen molar-refractivity contribution in [3.63, 3.8) is 0 Å². The molecule has 0 aliphatic carbocycles. The smallest absolute Gasteiger partial charge is 0.116 e. The summed E-state index contributed by atoms with van der Waals surface area (Å²) in [5, 5.41) is 11.6. The molecule has 3 N–H and O–H groups in total. The molecule has 0 spiro atoms. The van der Waals surface area contributed by atoms with Gasteiger partial charge in [-0.25, -0.2) is 0 Å². The Balaban J connectivity index is 2.54. The summed E-state index contributed by atoms with van der Waals surface area (Å²) in [7, 11) is 0. The molecule has 15 heavy (non-hydrogen) atoms. The molecule has 2 heteroatoms. The molecule has 0 aliphatic rings. The van der Waals surface area contributed by atoms with Crippen molar-refractivity contribution in [3.8, 4) is 5.75 Å². The van der Waals surface area contributed by atoms with Gasteiger partial charge in [-0.15, -0.1) is 0 Å². The van der Waals surface area contributed by atoms with Crippen LogP contribution in [-0.2, 0) is 0 Å². The summed E-state index contributed by atoms with van der Waals surface area (Å²) in [6.07, 6.45) is 0. The second-order valence-electron chi connectivity index (χ2n) is 3.93. The Morgan fingerprint density at radius 3 is 2.60 bits per heavy atom. The van der Waals surface area contributed by atoms with E-state index in [1.165, 1.54) is 5.56 Å². The lowest BCUT2D eigenvalue weighted by atomic mass is 9.98. The lowest BCUT2D eigenvalue weighted by Gasteiger charge is -2.09. The molecule has 0 bridgehead atoms. The summed E-state index contributed by atoms with van der Waals surface area (Å²) >= 11 is 0. The van der Waals surface area contributed by atoms with Crippen molar-refractivity contribution in [2.24, 2.45) is 5.73 Å². The summed E-state index contributed by atoms with van der Waals surface area (Å²) in [4.78, 5) is 0. The first-order valence-corrected chi connectivity index (χ1v) is 5.13. The summed E-state index contributed by atoms with van der Waals surface area (Å²) in [5.41, 5.74) is 6.85. The van der Waals surface area contributed by atoms with Gasteiger partial charge in [-0.2, -0.15) is 0 Å². The van der Waals surface area contributed by atoms with E-state index in [9.17, 15) is 5.11 Å². The number of phenolic OH excluding ortho intramolecular Hbond substituents is 1. The highest BCUT2D eigenvalue weighted by Crippen LogP contribution is 2.24. The van der Waals surface area contributed by atoms with Gasteiger partial charge in [-0.1, -0.05) is 31.2 Å². The lowest BCUT2D eigenvalue weighted by Crippen LogP contribution is -2.08. The summed E-state index contributed by atoms with van der Waals surface area (Å²) in [6.45, 7) is 2.74. The maximum absolute atomic E-state index is 9.39. The van der Waals surface area contributed by atoms with Crippen LogP contribution in [0.1, 0.15) is 18.4 Å². The summed E-state index contributed by atoms with van der Waals surface area (Å²) in [6, 6.07) is 11.7. The molecule has 0 aromatic heterocycles. The number of phenols is 1. The zero-order chi connectivity index (χ0) is 10.8. The van der Waals surface area contributed by atoms with Gasteiger partial charge in [0.05, 0.1) is 0 Å². The van der Waals surface area contributed by atoms with E-state index in [1.54, 1.807) is 12.1 Å². The molecule has 1 unspecified atom stereocenters. The van der Waals surface area contributed by atoms with Crippen LogP contribution < -0.4 is 5.73 Å². The fourth-order valence-electron chi connectivity index (χ4n) is 1.70. The predicted octanol–water partition coefficient (Wildman–Crippen LogP) is 2.61. The van der Waals surface area contributed by atoms with E-state index in [1.807, 2.05) is 6.07 Å². The lowest BCUT2D eigenvalue weighted by molar-refractivity contribution is 0.476. The highest BCUT2D eigenvalue weighted by molar-refractivity contribution is 5.84. The molecule has 0 fully saturated rings. The Labute approximate surface area is 89.3 Å². The van der Waals surface area contributed by atoms with E-state index in [2.05, 4.69) is 25.1 Å². The van der Waals surface area contributed by atoms with Crippen LogP contribution >= 0.6 is 0 Å². The molecule has 0 saturated carbocycles. The van der Waals surface area contributed by atoms with Crippen molar-refractivity contribution < 1.29 is 5.11 Å². The number of benzene rings is 2. The maximum Gasteiger partial charge on any atom is 0.116 e. The molecule has 0 amide bonds. The van der Waals surface area contributed by atoms with Gasteiger partial charge < -0.3 is 10.8 Å². The zero-order valence-electron chi connectivity index (χ0n) is 8.77. The minimum absolute atomic E-state index is 0.306. The van der Waals surface area contributed by atoms with E-state index in [0.717, 1.165) is 10.8 Å². The highest BCUT2D eigenvalue weighted by Gasteiger charge is 2.04. The zero-order valence-corrected chi connectivity index (χ0v) is 8.77. The van der Waals surface area contributed by atoms with Gasteiger partial charge in [0.1, 0.15) is 5.75 Å². The first-order valence-electron chi connectivity index (χ1n) is 5.13. The Bertz CT molecular complexity index is 479. The fraction of sp³-hybridized carbons (Fsp3) is 0.231. The number of aromatic hydroxyl groups is 1. The molecule has 0 saturated heterocycles. The molecule has 2 aromatic rings. The maximum atomic E-state index is 9.39. The molecule has 1 atom stereocenters. The third-order valence-electron chi connectivity index (χ3n) is 2.77. The average molecular weight is 201 g/mol. The van der Waals surface area contributed by atoms with Gasteiger partial charge in [-0.05, 0) is 40.9 Å². The standard InChI is InChI=1S/C13H15NO/c1-9(8-14)11-3-2-10-4-5-13(15)7-12(10)6-11/h2-7,9,15H,8,14H2,1H3. The number of nitrogens with two attached hydrogens (primary N) is 1. The molecule has 78 valence electrons. The molecule has 0 aliphatic heterocycles. The fourth-order valence-corrected chi connectivity index (χ4v) is 1.70. The average Bonchev–Trinajstić information content (AvgIpc) is 2.27. The molecular formula is C13H15NO. The van der Waals surface area contributed by atoms with Gasteiger partial charge in [0.15, 0.2) is 0 Å². The minimum Gasteiger partial charge on any atom is -0.508 e. The largest absolute Gasteiger partial charge is 0.508 e. The van der Waals surface area contributed by atoms with Crippen molar-refractivity contribution >= 4 is 10.8 Å². The molecule has 2 aromatic carbocycles. The van der Waals surface area contributed by atoms with E-state index in [0.29, 0.717) is 18.2 Å². The molecule has 0 heterocycles. The SMILES string of the molecule is CC(CN)c1ccc2ccc(O)cc2c1. The van der Waals surface area contributed by atoms with Crippen molar-refractivity contribution in [1.29, 1.82) is 0 Å². The second-order valence-corrected chi connectivity index (χ2v) is 3.93. The van der Waals surface area contributed by atoms with E-state index in [-0.39, 0.29) is 0 Å². The van der Waals surface area contributed by atoms with E-state index >= 15 is 0 Å². The van der Waals surface area contributed by atoms with Gasteiger partial charge in [0, 0.05) is 0 Å². The first kappa shape index (κ1) is 9.99.